The van der Waals surface area contributed by atoms with Gasteiger partial charge in [0.1, 0.15) is 11.6 Å². The van der Waals surface area contributed by atoms with Crippen LogP contribution in [0.3, 0.4) is 0 Å². The van der Waals surface area contributed by atoms with Crippen LogP contribution in [0.5, 0.6) is 0 Å². The molecule has 0 bridgehead atoms. The van der Waals surface area contributed by atoms with Crippen LogP contribution in [0.1, 0.15) is 16.8 Å². The molecule has 0 aliphatic heterocycles. The van der Waals surface area contributed by atoms with E-state index in [4.69, 9.17) is 0 Å². The highest BCUT2D eigenvalue weighted by Gasteiger charge is 2.08. The first-order valence-electron chi connectivity index (χ1n) is 8.54. The van der Waals surface area contributed by atoms with Crippen LogP contribution in [-0.4, -0.2) is 28.5 Å². The van der Waals surface area contributed by atoms with Gasteiger partial charge in [0, 0.05) is 44.3 Å². The van der Waals surface area contributed by atoms with Gasteiger partial charge in [-0.2, -0.15) is 4.98 Å². The fourth-order valence-electron chi connectivity index (χ4n) is 2.56. The largest absolute Gasteiger partial charge is 0.366 e. The van der Waals surface area contributed by atoms with E-state index < -0.39 is 0 Å². The van der Waals surface area contributed by atoms with Crippen molar-refractivity contribution in [3.63, 3.8) is 0 Å². The normalized spacial score (nSPS) is 10.6. The maximum absolute atomic E-state index is 13.0. The van der Waals surface area contributed by atoms with E-state index in [1.807, 2.05) is 37.1 Å². The van der Waals surface area contributed by atoms with Gasteiger partial charge in [-0.3, -0.25) is 4.98 Å². The first-order chi connectivity index (χ1) is 12.6. The second kappa shape index (κ2) is 8.38. The molecule has 26 heavy (non-hydrogen) atoms. The number of hydrogen-bond acceptors (Lipinski definition) is 5. The molecule has 1 aromatic carbocycles. The Balaban J connectivity index is 1.63. The minimum Gasteiger partial charge on any atom is -0.366 e. The minimum absolute atomic E-state index is 0.232. The van der Waals surface area contributed by atoms with E-state index in [1.54, 1.807) is 24.5 Å². The van der Waals surface area contributed by atoms with Gasteiger partial charge >= 0.3 is 0 Å². The molecular weight excluding hydrogens is 329 g/mol. The first-order valence-corrected chi connectivity index (χ1v) is 8.54. The molecule has 0 radical (unpaired) electrons. The number of aromatic nitrogens is 3. The summed E-state index contributed by atoms with van der Waals surface area (Å²) in [5.74, 6) is 1.21. The van der Waals surface area contributed by atoms with Gasteiger partial charge in [0.05, 0.1) is 0 Å². The minimum atomic E-state index is -0.232. The van der Waals surface area contributed by atoms with E-state index >= 15 is 0 Å². The Hall–Kier alpha value is -3.02. The van der Waals surface area contributed by atoms with E-state index in [9.17, 15) is 4.39 Å². The number of hydrogen-bond donors (Lipinski definition) is 1. The third-order valence-electron chi connectivity index (χ3n) is 4.06. The average molecular weight is 351 g/mol. The summed E-state index contributed by atoms with van der Waals surface area (Å²) >= 11 is 0. The summed E-state index contributed by atoms with van der Waals surface area (Å²) in [6, 6.07) is 12.4. The number of anilines is 2. The smallest absolute Gasteiger partial charge is 0.227 e. The quantitative estimate of drug-likeness (QED) is 0.705. The van der Waals surface area contributed by atoms with Crippen LogP contribution in [-0.2, 0) is 13.0 Å². The van der Waals surface area contributed by atoms with E-state index in [0.29, 0.717) is 12.5 Å². The highest BCUT2D eigenvalue weighted by atomic mass is 19.1. The van der Waals surface area contributed by atoms with Crippen LogP contribution < -0.4 is 10.2 Å². The van der Waals surface area contributed by atoms with Crippen molar-refractivity contribution in [3.8, 4) is 0 Å². The van der Waals surface area contributed by atoms with Crippen molar-refractivity contribution in [3.05, 3.63) is 77.5 Å². The molecule has 0 saturated heterocycles. The van der Waals surface area contributed by atoms with Crippen molar-refractivity contribution >= 4 is 11.8 Å². The molecule has 2 heterocycles. The van der Waals surface area contributed by atoms with Crippen LogP contribution in [0.4, 0.5) is 16.2 Å². The van der Waals surface area contributed by atoms with Gasteiger partial charge in [0.25, 0.3) is 0 Å². The molecule has 0 amide bonds. The maximum Gasteiger partial charge on any atom is 0.227 e. The van der Waals surface area contributed by atoms with Crippen LogP contribution in [0.15, 0.2) is 54.9 Å². The Labute approximate surface area is 153 Å². The molecule has 0 spiro atoms. The third-order valence-corrected chi connectivity index (χ3v) is 4.06. The van der Waals surface area contributed by atoms with E-state index in [1.165, 1.54) is 17.7 Å². The Bertz CT molecular complexity index is 837. The zero-order valence-corrected chi connectivity index (χ0v) is 15.0. The van der Waals surface area contributed by atoms with Gasteiger partial charge in [-0.1, -0.05) is 12.1 Å². The van der Waals surface area contributed by atoms with E-state index in [0.717, 1.165) is 30.0 Å². The summed E-state index contributed by atoms with van der Waals surface area (Å²) in [5.41, 5.74) is 3.12. The lowest BCUT2D eigenvalue weighted by molar-refractivity contribution is 0.627. The van der Waals surface area contributed by atoms with Crippen LogP contribution in [0.25, 0.3) is 0 Å². The van der Waals surface area contributed by atoms with Gasteiger partial charge in [-0.05, 0) is 48.7 Å². The topological polar surface area (TPSA) is 53.9 Å². The first kappa shape index (κ1) is 17.8. The second-order valence-corrected chi connectivity index (χ2v) is 6.20. The van der Waals surface area contributed by atoms with Crippen molar-refractivity contribution in [2.75, 3.05) is 23.8 Å². The standard InChI is InChI=1S/C20H22FN5/c1-15-13-19(23-14-17-3-5-18(21)6-4-17)25-20(24-15)26(2)12-9-16-7-10-22-11-8-16/h3-8,10-11,13H,9,12,14H2,1-2H3,(H,23,24,25). The molecule has 3 rings (SSSR count). The highest BCUT2D eigenvalue weighted by molar-refractivity contribution is 5.44. The Morgan fingerprint density at radius 2 is 1.73 bits per heavy atom. The number of pyridine rings is 1. The molecule has 0 unspecified atom stereocenters. The molecule has 0 fully saturated rings. The molecule has 3 aromatic rings. The lowest BCUT2D eigenvalue weighted by atomic mass is 10.2. The molecule has 2 aromatic heterocycles. The number of nitrogens with one attached hydrogen (secondary N) is 1. The zero-order chi connectivity index (χ0) is 18.4. The fourth-order valence-corrected chi connectivity index (χ4v) is 2.56. The van der Waals surface area contributed by atoms with Crippen molar-refractivity contribution in [2.45, 2.75) is 19.9 Å². The van der Waals surface area contributed by atoms with Gasteiger partial charge < -0.3 is 10.2 Å². The maximum atomic E-state index is 13.0. The zero-order valence-electron chi connectivity index (χ0n) is 15.0. The SMILES string of the molecule is Cc1cc(NCc2ccc(F)cc2)nc(N(C)CCc2ccncc2)n1. The average Bonchev–Trinajstić information content (AvgIpc) is 2.66. The van der Waals surface area contributed by atoms with Crippen molar-refractivity contribution in [1.29, 1.82) is 0 Å². The van der Waals surface area contributed by atoms with Gasteiger partial charge in [-0.15, -0.1) is 0 Å². The van der Waals surface area contributed by atoms with Gasteiger partial charge in [-0.25, -0.2) is 9.37 Å². The van der Waals surface area contributed by atoms with Crippen molar-refractivity contribution < 1.29 is 4.39 Å². The summed E-state index contributed by atoms with van der Waals surface area (Å²) in [7, 11) is 1.99. The van der Waals surface area contributed by atoms with E-state index in [-0.39, 0.29) is 5.82 Å². The fraction of sp³-hybridized carbons (Fsp3) is 0.250. The summed E-state index contributed by atoms with van der Waals surface area (Å²) in [4.78, 5) is 15.2. The lowest BCUT2D eigenvalue weighted by Crippen LogP contribution is -2.23. The lowest BCUT2D eigenvalue weighted by Gasteiger charge is -2.18. The summed E-state index contributed by atoms with van der Waals surface area (Å²) < 4.78 is 13.0. The predicted octanol–water partition coefficient (Wildman–Crippen LogP) is 3.61. The number of nitrogens with zero attached hydrogens (tertiary/aromatic N) is 4. The molecule has 134 valence electrons. The number of benzene rings is 1. The van der Waals surface area contributed by atoms with Gasteiger partial charge in [0.15, 0.2) is 0 Å². The van der Waals surface area contributed by atoms with Gasteiger partial charge in [0.2, 0.25) is 5.95 Å². The van der Waals surface area contributed by atoms with Crippen molar-refractivity contribution in [2.24, 2.45) is 0 Å². The molecule has 0 aliphatic carbocycles. The summed E-state index contributed by atoms with van der Waals surface area (Å²) in [5, 5.41) is 3.28. The Morgan fingerprint density at radius 1 is 1.00 bits per heavy atom. The number of halogens is 1. The summed E-state index contributed by atoms with van der Waals surface area (Å²) in [6.07, 6.45) is 4.50. The molecule has 0 atom stereocenters. The van der Waals surface area contributed by atoms with Crippen LogP contribution >= 0.6 is 0 Å². The highest BCUT2D eigenvalue weighted by Crippen LogP contribution is 2.14. The number of rotatable bonds is 7. The predicted molar refractivity (Wildman–Crippen MR) is 102 cm³/mol. The second-order valence-electron chi connectivity index (χ2n) is 6.20. The third kappa shape index (κ3) is 4.99. The van der Waals surface area contributed by atoms with E-state index in [2.05, 4.69) is 20.3 Å². The number of aryl methyl sites for hydroxylation is 1. The van der Waals surface area contributed by atoms with Crippen LogP contribution in [0.2, 0.25) is 0 Å². The molecule has 6 heteroatoms. The molecule has 1 N–H and O–H groups in total. The molecule has 0 aliphatic rings. The molecule has 5 nitrogen and oxygen atoms in total. The number of likely N-dealkylation sites (N-methyl/N-ethyl adjacent to an activating group) is 1. The molecule has 0 saturated carbocycles. The Kier molecular flexibility index (Phi) is 5.73. The Morgan fingerprint density at radius 3 is 2.46 bits per heavy atom. The molecular formula is C20H22FN5. The summed E-state index contributed by atoms with van der Waals surface area (Å²) in [6.45, 7) is 3.34. The van der Waals surface area contributed by atoms with Crippen LogP contribution in [0, 0.1) is 12.7 Å². The monoisotopic (exact) mass is 351 g/mol. The van der Waals surface area contributed by atoms with Crippen molar-refractivity contribution in [1.82, 2.24) is 15.0 Å².